The van der Waals surface area contributed by atoms with E-state index in [1.165, 1.54) is 6.07 Å². The number of halogens is 2. The van der Waals surface area contributed by atoms with E-state index in [0.29, 0.717) is 17.3 Å². The maximum absolute atomic E-state index is 13.1. The maximum Gasteiger partial charge on any atom is 0.225 e. The largest absolute Gasteiger partial charge is 0.392 e. The third kappa shape index (κ3) is 3.79. The summed E-state index contributed by atoms with van der Waals surface area (Å²) in [4.78, 5) is 12.0. The molecule has 0 bridgehead atoms. The van der Waals surface area contributed by atoms with Gasteiger partial charge in [-0.2, -0.15) is 0 Å². The van der Waals surface area contributed by atoms with E-state index in [9.17, 15) is 14.3 Å². The zero-order valence-corrected chi connectivity index (χ0v) is 13.0. The van der Waals surface area contributed by atoms with Crippen molar-refractivity contribution in [2.24, 2.45) is 5.92 Å². The molecule has 1 fully saturated rings. The highest BCUT2D eigenvalue weighted by Crippen LogP contribution is 2.25. The molecule has 2 N–H and O–H groups in total. The van der Waals surface area contributed by atoms with E-state index in [-0.39, 0.29) is 23.7 Å². The van der Waals surface area contributed by atoms with Crippen LogP contribution in [0.1, 0.15) is 31.7 Å². The molecular formula is C15H19BrFNO2. The van der Waals surface area contributed by atoms with Gasteiger partial charge in [-0.15, -0.1) is 0 Å². The summed E-state index contributed by atoms with van der Waals surface area (Å²) in [6.45, 7) is 1.91. The first-order chi connectivity index (χ1) is 9.47. The molecule has 0 saturated heterocycles. The molecule has 1 aromatic rings. The third-order valence-corrected chi connectivity index (χ3v) is 4.34. The molecule has 0 heterocycles. The van der Waals surface area contributed by atoms with Crippen LogP contribution >= 0.6 is 15.9 Å². The first-order valence-electron chi connectivity index (χ1n) is 6.89. The van der Waals surface area contributed by atoms with Gasteiger partial charge in [0.05, 0.1) is 16.5 Å². The van der Waals surface area contributed by atoms with Crippen LogP contribution in [0.4, 0.5) is 4.39 Å². The first kappa shape index (κ1) is 15.4. The van der Waals surface area contributed by atoms with E-state index >= 15 is 0 Å². The number of amides is 1. The summed E-state index contributed by atoms with van der Waals surface area (Å²) in [6.07, 6.45) is 2.48. The Bertz CT molecular complexity index is 495. The molecule has 3 nitrogen and oxygen atoms in total. The summed E-state index contributed by atoms with van der Waals surface area (Å²) < 4.78 is 13.6. The van der Waals surface area contributed by atoms with Crippen LogP contribution in [0.5, 0.6) is 0 Å². The lowest BCUT2D eigenvalue weighted by atomic mass is 10.0. The van der Waals surface area contributed by atoms with Gasteiger partial charge >= 0.3 is 0 Å². The van der Waals surface area contributed by atoms with Gasteiger partial charge in [-0.05, 0) is 66.2 Å². The predicted molar refractivity (Wildman–Crippen MR) is 78.8 cm³/mol. The van der Waals surface area contributed by atoms with Crippen molar-refractivity contribution in [1.29, 1.82) is 0 Å². The summed E-state index contributed by atoms with van der Waals surface area (Å²) in [6, 6.07) is 4.80. The second-order valence-corrected chi connectivity index (χ2v) is 6.32. The lowest BCUT2D eigenvalue weighted by Gasteiger charge is -2.19. The number of nitrogens with one attached hydrogen (secondary N) is 1. The fraction of sp³-hybridized carbons (Fsp3) is 0.533. The number of hydrogen-bond donors (Lipinski definition) is 2. The molecule has 0 aliphatic heterocycles. The molecule has 20 heavy (non-hydrogen) atoms. The molecule has 1 aliphatic rings. The molecule has 5 heteroatoms. The smallest absolute Gasteiger partial charge is 0.225 e. The summed E-state index contributed by atoms with van der Waals surface area (Å²) in [5.41, 5.74) is 0.957. The highest BCUT2D eigenvalue weighted by Gasteiger charge is 2.31. The molecule has 110 valence electrons. The van der Waals surface area contributed by atoms with Crippen molar-refractivity contribution >= 4 is 21.8 Å². The Morgan fingerprint density at radius 3 is 2.90 bits per heavy atom. The summed E-state index contributed by atoms with van der Waals surface area (Å²) in [5, 5.41) is 12.6. The Labute approximate surface area is 126 Å². The van der Waals surface area contributed by atoms with Crippen LogP contribution in [-0.4, -0.2) is 23.2 Å². The van der Waals surface area contributed by atoms with E-state index in [2.05, 4.69) is 21.2 Å². The van der Waals surface area contributed by atoms with Crippen molar-refractivity contribution in [3.05, 3.63) is 34.1 Å². The average Bonchev–Trinajstić information content (AvgIpc) is 2.80. The van der Waals surface area contributed by atoms with E-state index in [4.69, 9.17) is 0 Å². The van der Waals surface area contributed by atoms with Crippen LogP contribution in [0.25, 0.3) is 0 Å². The van der Waals surface area contributed by atoms with Crippen molar-refractivity contribution in [3.63, 3.8) is 0 Å². The Morgan fingerprint density at radius 1 is 1.55 bits per heavy atom. The van der Waals surface area contributed by atoms with Crippen LogP contribution in [-0.2, 0) is 11.2 Å². The van der Waals surface area contributed by atoms with E-state index in [1.54, 1.807) is 12.1 Å². The molecule has 3 atom stereocenters. The van der Waals surface area contributed by atoms with Gasteiger partial charge in [-0.1, -0.05) is 6.07 Å². The normalized spacial score (nSPS) is 23.6. The van der Waals surface area contributed by atoms with Gasteiger partial charge in [0.2, 0.25) is 5.91 Å². The number of aliphatic hydroxyl groups excluding tert-OH is 1. The predicted octanol–water partition coefficient (Wildman–Crippen LogP) is 2.80. The molecule has 0 spiro atoms. The summed E-state index contributed by atoms with van der Waals surface area (Å²) >= 11 is 3.15. The van der Waals surface area contributed by atoms with Crippen LogP contribution < -0.4 is 5.32 Å². The van der Waals surface area contributed by atoms with Crippen LogP contribution in [0.15, 0.2) is 22.7 Å². The van der Waals surface area contributed by atoms with Gasteiger partial charge < -0.3 is 10.4 Å². The zero-order valence-electron chi connectivity index (χ0n) is 11.4. The average molecular weight is 344 g/mol. The van der Waals surface area contributed by atoms with E-state index in [1.807, 2.05) is 6.92 Å². The van der Waals surface area contributed by atoms with Crippen LogP contribution in [0.3, 0.4) is 0 Å². The van der Waals surface area contributed by atoms with Crippen molar-refractivity contribution in [2.45, 2.75) is 44.8 Å². The van der Waals surface area contributed by atoms with Crippen LogP contribution in [0, 0.1) is 11.7 Å². The Morgan fingerprint density at radius 2 is 2.30 bits per heavy atom. The molecule has 3 unspecified atom stereocenters. The fourth-order valence-electron chi connectivity index (χ4n) is 2.67. The van der Waals surface area contributed by atoms with Crippen molar-refractivity contribution in [3.8, 4) is 0 Å². The number of benzene rings is 1. The summed E-state index contributed by atoms with van der Waals surface area (Å²) in [7, 11) is 0. The van der Waals surface area contributed by atoms with Gasteiger partial charge in [0.15, 0.2) is 0 Å². The highest BCUT2D eigenvalue weighted by atomic mass is 79.9. The lowest BCUT2D eigenvalue weighted by Crippen LogP contribution is -2.40. The Balaban J connectivity index is 1.90. The topological polar surface area (TPSA) is 49.3 Å². The first-order valence-corrected chi connectivity index (χ1v) is 7.69. The minimum absolute atomic E-state index is 0.0485. The van der Waals surface area contributed by atoms with E-state index < -0.39 is 6.10 Å². The van der Waals surface area contributed by atoms with Gasteiger partial charge in [-0.3, -0.25) is 4.79 Å². The van der Waals surface area contributed by atoms with Gasteiger partial charge in [-0.25, -0.2) is 4.39 Å². The second-order valence-electron chi connectivity index (χ2n) is 5.47. The molecule has 0 aromatic heterocycles. The molecule has 1 amide bonds. The van der Waals surface area contributed by atoms with Crippen LogP contribution in [0.2, 0.25) is 0 Å². The molecular weight excluding hydrogens is 325 g/mol. The molecule has 2 rings (SSSR count). The number of hydrogen-bond acceptors (Lipinski definition) is 2. The van der Waals surface area contributed by atoms with E-state index in [0.717, 1.165) is 18.4 Å². The quantitative estimate of drug-likeness (QED) is 0.883. The van der Waals surface area contributed by atoms with Crippen molar-refractivity contribution < 1.29 is 14.3 Å². The second kappa shape index (κ2) is 6.68. The number of carbonyl (C=O) groups is 1. The SMILES string of the molecule is CC(Cc1ccc(F)c(Br)c1)NC(=O)C1CCCC1O. The van der Waals surface area contributed by atoms with Gasteiger partial charge in [0.1, 0.15) is 5.82 Å². The number of aliphatic hydroxyl groups is 1. The molecule has 1 aromatic carbocycles. The van der Waals surface area contributed by atoms with Gasteiger partial charge in [0, 0.05) is 6.04 Å². The van der Waals surface area contributed by atoms with Crippen molar-refractivity contribution in [2.75, 3.05) is 0 Å². The number of carbonyl (C=O) groups excluding carboxylic acids is 1. The Hall–Kier alpha value is -0.940. The fourth-order valence-corrected chi connectivity index (χ4v) is 3.09. The molecule has 1 saturated carbocycles. The monoisotopic (exact) mass is 343 g/mol. The minimum Gasteiger partial charge on any atom is -0.392 e. The lowest BCUT2D eigenvalue weighted by molar-refractivity contribution is -0.128. The highest BCUT2D eigenvalue weighted by molar-refractivity contribution is 9.10. The summed E-state index contributed by atoms with van der Waals surface area (Å²) in [5.74, 6) is -0.652. The number of rotatable bonds is 4. The van der Waals surface area contributed by atoms with Crippen molar-refractivity contribution in [1.82, 2.24) is 5.32 Å². The minimum atomic E-state index is -0.512. The molecule has 1 aliphatic carbocycles. The Kier molecular flexibility index (Phi) is 5.16. The standard InChI is InChI=1S/C15H19BrFNO2/c1-9(7-10-5-6-13(17)12(16)8-10)18-15(20)11-3-2-4-14(11)19/h5-6,8-9,11,14,19H,2-4,7H2,1H3,(H,18,20). The third-order valence-electron chi connectivity index (χ3n) is 3.73. The maximum atomic E-state index is 13.1. The van der Waals surface area contributed by atoms with Gasteiger partial charge in [0.25, 0.3) is 0 Å². The molecule has 0 radical (unpaired) electrons. The zero-order chi connectivity index (χ0) is 14.7.